The van der Waals surface area contributed by atoms with Gasteiger partial charge in [-0.3, -0.25) is 4.79 Å². The SMILES string of the molecule is Cc1ccc(C(C)(C)C)cc1S(=O)(=O)C(=[N+]=[N-])C(=O)c1ccccc1. The Balaban J connectivity index is 2.61. The largest absolute Gasteiger partial charge is 0.456 e. The molecule has 0 atom stereocenters. The molecule has 0 aromatic heterocycles. The number of benzene rings is 2. The summed E-state index contributed by atoms with van der Waals surface area (Å²) in [6.07, 6.45) is 0. The van der Waals surface area contributed by atoms with E-state index in [2.05, 4.69) is 4.79 Å². The molecular weight excluding hydrogens is 336 g/mol. The Morgan fingerprint density at radius 3 is 2.16 bits per heavy atom. The highest BCUT2D eigenvalue weighted by Gasteiger charge is 2.39. The van der Waals surface area contributed by atoms with Gasteiger partial charge in [0.2, 0.25) is 0 Å². The second-order valence-corrected chi connectivity index (χ2v) is 8.67. The molecule has 25 heavy (non-hydrogen) atoms. The number of aryl methyl sites for hydroxylation is 1. The predicted octanol–water partition coefficient (Wildman–Crippen LogP) is 3.58. The molecular formula is C19H20N2O3S. The Morgan fingerprint density at radius 2 is 1.64 bits per heavy atom. The fourth-order valence-electron chi connectivity index (χ4n) is 2.39. The van der Waals surface area contributed by atoms with Crippen LogP contribution in [0.3, 0.4) is 0 Å². The van der Waals surface area contributed by atoms with E-state index >= 15 is 0 Å². The van der Waals surface area contributed by atoms with E-state index in [4.69, 9.17) is 0 Å². The van der Waals surface area contributed by atoms with Crippen LogP contribution in [0, 0.1) is 6.92 Å². The maximum atomic E-state index is 13.0. The van der Waals surface area contributed by atoms with Crippen molar-refractivity contribution in [3.8, 4) is 0 Å². The van der Waals surface area contributed by atoms with E-state index in [1.54, 1.807) is 31.2 Å². The molecule has 0 aliphatic rings. The molecule has 2 aromatic rings. The summed E-state index contributed by atoms with van der Waals surface area (Å²) < 4.78 is 25.9. The normalized spacial score (nSPS) is 11.7. The highest BCUT2D eigenvalue weighted by Crippen LogP contribution is 2.27. The Hall–Kier alpha value is -2.56. The van der Waals surface area contributed by atoms with Gasteiger partial charge in [0, 0.05) is 5.56 Å². The first-order valence-corrected chi connectivity index (χ1v) is 9.25. The molecule has 6 heteroatoms. The van der Waals surface area contributed by atoms with Crippen LogP contribution in [0.25, 0.3) is 5.53 Å². The van der Waals surface area contributed by atoms with Crippen molar-refractivity contribution >= 4 is 20.7 Å². The van der Waals surface area contributed by atoms with E-state index in [0.29, 0.717) is 5.56 Å². The summed E-state index contributed by atoms with van der Waals surface area (Å²) in [7, 11) is -4.26. The van der Waals surface area contributed by atoms with Gasteiger partial charge >= 0.3 is 5.04 Å². The van der Waals surface area contributed by atoms with Crippen molar-refractivity contribution in [2.24, 2.45) is 0 Å². The Labute approximate surface area is 147 Å². The lowest BCUT2D eigenvalue weighted by Crippen LogP contribution is -2.27. The van der Waals surface area contributed by atoms with Gasteiger partial charge in [0.1, 0.15) is 0 Å². The molecule has 0 spiro atoms. The minimum absolute atomic E-state index is 0.0305. The summed E-state index contributed by atoms with van der Waals surface area (Å²) in [5.74, 6) is -0.844. The number of carbonyl (C=O) groups is 1. The van der Waals surface area contributed by atoms with Crippen LogP contribution >= 0.6 is 0 Å². The van der Waals surface area contributed by atoms with Gasteiger partial charge in [-0.25, -0.2) is 8.42 Å². The Kier molecular flexibility index (Phi) is 5.07. The molecule has 0 bridgehead atoms. The number of rotatable bonds is 3. The minimum atomic E-state index is -4.26. The first-order chi connectivity index (χ1) is 11.6. The van der Waals surface area contributed by atoms with Crippen LogP contribution in [-0.2, 0) is 15.3 Å². The smallest absolute Gasteiger partial charge is 0.360 e. The average Bonchev–Trinajstić information content (AvgIpc) is 2.55. The molecule has 2 aromatic carbocycles. The fourth-order valence-corrected chi connectivity index (χ4v) is 3.85. The number of hydrogen-bond donors (Lipinski definition) is 0. The Morgan fingerprint density at radius 1 is 1.04 bits per heavy atom. The van der Waals surface area contributed by atoms with E-state index in [-0.39, 0.29) is 15.9 Å². The molecule has 0 aliphatic heterocycles. The number of Topliss-reactive ketones (excluding diaryl/α,β-unsaturated/α-hetero) is 1. The standard InChI is InChI=1S/C19H20N2O3S/c1-13-10-11-15(19(2,3)4)12-16(13)25(23,24)18(21-20)17(22)14-8-6-5-7-9-14/h5-12H,1-4H3. The quantitative estimate of drug-likeness (QED) is 0.277. The lowest BCUT2D eigenvalue weighted by Gasteiger charge is -2.20. The molecule has 2 rings (SSSR count). The summed E-state index contributed by atoms with van der Waals surface area (Å²) in [6, 6.07) is 13.0. The summed E-state index contributed by atoms with van der Waals surface area (Å²) in [6.45, 7) is 7.53. The zero-order valence-electron chi connectivity index (χ0n) is 14.6. The third-order valence-corrected chi connectivity index (χ3v) is 5.71. The van der Waals surface area contributed by atoms with E-state index in [0.717, 1.165) is 5.56 Å². The zero-order chi connectivity index (χ0) is 18.8. The van der Waals surface area contributed by atoms with E-state index in [9.17, 15) is 18.7 Å². The van der Waals surface area contributed by atoms with E-state index in [1.165, 1.54) is 18.2 Å². The van der Waals surface area contributed by atoms with Crippen molar-refractivity contribution in [2.45, 2.75) is 38.0 Å². The molecule has 0 saturated carbocycles. The number of carbonyl (C=O) groups excluding carboxylic acids is 1. The van der Waals surface area contributed by atoms with Gasteiger partial charge in [0.15, 0.2) is 0 Å². The third-order valence-electron chi connectivity index (χ3n) is 3.92. The lowest BCUT2D eigenvalue weighted by atomic mass is 9.87. The minimum Gasteiger partial charge on any atom is -0.360 e. The van der Waals surface area contributed by atoms with Crippen molar-refractivity contribution in [3.63, 3.8) is 0 Å². The van der Waals surface area contributed by atoms with Crippen molar-refractivity contribution in [3.05, 3.63) is 70.8 Å². The van der Waals surface area contributed by atoms with Gasteiger partial charge < -0.3 is 5.53 Å². The van der Waals surface area contributed by atoms with Crippen molar-refractivity contribution in [1.29, 1.82) is 0 Å². The lowest BCUT2D eigenvalue weighted by molar-refractivity contribution is -0.00158. The number of sulfone groups is 1. The average molecular weight is 356 g/mol. The van der Waals surface area contributed by atoms with Crippen molar-refractivity contribution in [1.82, 2.24) is 0 Å². The molecule has 0 heterocycles. The second-order valence-electron chi connectivity index (χ2n) is 6.83. The maximum Gasteiger partial charge on any atom is 0.456 e. The van der Waals surface area contributed by atoms with Crippen LogP contribution in [0.1, 0.15) is 42.3 Å². The maximum absolute atomic E-state index is 13.0. The third kappa shape index (κ3) is 3.76. The zero-order valence-corrected chi connectivity index (χ0v) is 15.5. The van der Waals surface area contributed by atoms with Gasteiger partial charge in [0.25, 0.3) is 15.6 Å². The van der Waals surface area contributed by atoms with Crippen LogP contribution < -0.4 is 0 Å². The second kappa shape index (κ2) is 6.75. The molecule has 0 radical (unpaired) electrons. The summed E-state index contributed by atoms with van der Waals surface area (Å²) in [5.41, 5.74) is 10.4. The van der Waals surface area contributed by atoms with E-state index in [1.807, 2.05) is 26.8 Å². The first-order valence-electron chi connectivity index (χ1n) is 7.77. The van der Waals surface area contributed by atoms with Gasteiger partial charge in [-0.15, -0.1) is 4.79 Å². The molecule has 0 amide bonds. The monoisotopic (exact) mass is 356 g/mol. The predicted molar refractivity (Wildman–Crippen MR) is 96.5 cm³/mol. The molecule has 0 unspecified atom stereocenters. The van der Waals surface area contributed by atoms with Crippen molar-refractivity contribution < 1.29 is 18.0 Å². The summed E-state index contributed by atoms with van der Waals surface area (Å²) in [4.78, 5) is 15.3. The molecule has 0 fully saturated rings. The van der Waals surface area contributed by atoms with Gasteiger partial charge in [0.05, 0.1) is 4.90 Å². The fraction of sp³-hybridized carbons (Fsp3) is 0.263. The molecule has 5 nitrogen and oxygen atoms in total. The van der Waals surface area contributed by atoms with Crippen LogP contribution in [0.5, 0.6) is 0 Å². The number of nitrogens with zero attached hydrogens (tertiary/aromatic N) is 2. The topological polar surface area (TPSA) is 87.6 Å². The van der Waals surface area contributed by atoms with Crippen LogP contribution in [0.15, 0.2) is 53.4 Å². The highest BCUT2D eigenvalue weighted by atomic mass is 32.2. The highest BCUT2D eigenvalue weighted by molar-refractivity contribution is 8.08. The van der Waals surface area contributed by atoms with Crippen LogP contribution in [0.2, 0.25) is 0 Å². The molecule has 0 aliphatic carbocycles. The van der Waals surface area contributed by atoms with Gasteiger partial charge in [-0.2, -0.15) is 0 Å². The summed E-state index contributed by atoms with van der Waals surface area (Å²) in [5, 5.41) is -0.882. The Bertz CT molecular complexity index is 965. The van der Waals surface area contributed by atoms with Crippen LogP contribution in [0.4, 0.5) is 0 Å². The van der Waals surface area contributed by atoms with Gasteiger partial charge in [-0.05, 0) is 29.5 Å². The van der Waals surface area contributed by atoms with E-state index < -0.39 is 20.7 Å². The van der Waals surface area contributed by atoms with Crippen molar-refractivity contribution in [2.75, 3.05) is 0 Å². The first kappa shape index (κ1) is 18.8. The molecule has 0 N–H and O–H groups in total. The molecule has 0 saturated heterocycles. The number of hydrogen-bond acceptors (Lipinski definition) is 3. The van der Waals surface area contributed by atoms with Crippen LogP contribution in [-0.4, -0.2) is 24.0 Å². The number of ketones is 1. The molecule has 130 valence electrons. The van der Waals surface area contributed by atoms with Gasteiger partial charge in [-0.1, -0.05) is 63.2 Å². The summed E-state index contributed by atoms with van der Waals surface area (Å²) >= 11 is 0.